The Bertz CT molecular complexity index is 935. The van der Waals surface area contributed by atoms with E-state index < -0.39 is 0 Å². The minimum Gasteiger partial charge on any atom is -0.507 e. The number of phenols is 1. The van der Waals surface area contributed by atoms with E-state index >= 15 is 0 Å². The summed E-state index contributed by atoms with van der Waals surface area (Å²) in [5.41, 5.74) is 3.15. The number of hydrogen-bond acceptors (Lipinski definition) is 2. The van der Waals surface area contributed by atoms with Crippen molar-refractivity contribution in [2.75, 3.05) is 0 Å². The molecule has 1 aromatic heterocycles. The number of rotatable bonds is 3. The first-order valence-electron chi connectivity index (χ1n) is 7.64. The molecule has 4 rings (SSSR count). The smallest absolute Gasteiger partial charge is 0.133 e. The van der Waals surface area contributed by atoms with Crippen molar-refractivity contribution in [3.05, 3.63) is 90.2 Å². The van der Waals surface area contributed by atoms with Crippen LogP contribution in [0.25, 0.3) is 22.1 Å². The first-order valence-corrected chi connectivity index (χ1v) is 7.64. The molecule has 1 N–H and O–H groups in total. The summed E-state index contributed by atoms with van der Waals surface area (Å²) in [6.45, 7) is 0. The molecule has 3 aromatic carbocycles. The summed E-state index contributed by atoms with van der Waals surface area (Å²) in [5.74, 6) is 1.24. The topological polar surface area (TPSA) is 33.4 Å². The summed E-state index contributed by atoms with van der Waals surface area (Å²) in [6.07, 6.45) is 2.38. The third-order valence-electron chi connectivity index (χ3n) is 4.14. The lowest BCUT2D eigenvalue weighted by molar-refractivity contribution is 0.476. The first-order chi connectivity index (χ1) is 11.3. The molecule has 0 atom stereocenters. The van der Waals surface area contributed by atoms with Crippen molar-refractivity contribution in [1.82, 2.24) is 0 Å². The molecular weight excluding hydrogens is 284 g/mol. The average Bonchev–Trinajstić information content (AvgIpc) is 3.13. The van der Waals surface area contributed by atoms with E-state index in [1.807, 2.05) is 54.6 Å². The van der Waals surface area contributed by atoms with E-state index in [0.29, 0.717) is 12.2 Å². The predicted molar refractivity (Wildman–Crippen MR) is 92.6 cm³/mol. The van der Waals surface area contributed by atoms with E-state index in [9.17, 15) is 5.11 Å². The van der Waals surface area contributed by atoms with Crippen molar-refractivity contribution >= 4 is 10.8 Å². The molecule has 0 aliphatic rings. The molecule has 4 aromatic rings. The second-order valence-electron chi connectivity index (χ2n) is 5.65. The van der Waals surface area contributed by atoms with Gasteiger partial charge in [-0.05, 0) is 28.6 Å². The third-order valence-corrected chi connectivity index (χ3v) is 4.14. The lowest BCUT2D eigenvalue weighted by Gasteiger charge is -2.08. The Morgan fingerprint density at radius 1 is 0.783 bits per heavy atom. The van der Waals surface area contributed by atoms with Gasteiger partial charge in [-0.15, -0.1) is 0 Å². The van der Waals surface area contributed by atoms with Gasteiger partial charge in [-0.2, -0.15) is 0 Å². The van der Waals surface area contributed by atoms with Crippen LogP contribution in [0, 0.1) is 0 Å². The molecule has 0 unspecified atom stereocenters. The van der Waals surface area contributed by atoms with Gasteiger partial charge in [0, 0.05) is 17.4 Å². The van der Waals surface area contributed by atoms with E-state index in [2.05, 4.69) is 18.2 Å². The Morgan fingerprint density at radius 2 is 1.61 bits per heavy atom. The highest BCUT2D eigenvalue weighted by Gasteiger charge is 2.07. The van der Waals surface area contributed by atoms with Gasteiger partial charge in [-0.25, -0.2) is 0 Å². The average molecular weight is 300 g/mol. The second-order valence-corrected chi connectivity index (χ2v) is 5.65. The predicted octanol–water partition coefficient (Wildman–Crippen LogP) is 5.40. The third kappa shape index (κ3) is 2.59. The largest absolute Gasteiger partial charge is 0.507 e. The van der Waals surface area contributed by atoms with Crippen molar-refractivity contribution in [2.45, 2.75) is 6.42 Å². The number of hydrogen-bond donors (Lipinski definition) is 1. The van der Waals surface area contributed by atoms with Crippen LogP contribution in [0.3, 0.4) is 0 Å². The Hall–Kier alpha value is -3.00. The summed E-state index contributed by atoms with van der Waals surface area (Å²) in [4.78, 5) is 0. The summed E-state index contributed by atoms with van der Waals surface area (Å²) in [6, 6.07) is 24.0. The fourth-order valence-corrected chi connectivity index (χ4v) is 2.89. The molecule has 0 bridgehead atoms. The first kappa shape index (κ1) is 13.6. The Kier molecular flexibility index (Phi) is 3.35. The molecule has 23 heavy (non-hydrogen) atoms. The molecule has 0 fully saturated rings. The summed E-state index contributed by atoms with van der Waals surface area (Å²) >= 11 is 0. The van der Waals surface area contributed by atoms with Crippen molar-refractivity contribution in [3.63, 3.8) is 0 Å². The number of fused-ring (bicyclic) bond motifs is 1. The van der Waals surface area contributed by atoms with Gasteiger partial charge in [-0.3, -0.25) is 0 Å². The van der Waals surface area contributed by atoms with E-state index in [-0.39, 0.29) is 0 Å². The number of benzene rings is 3. The summed E-state index contributed by atoms with van der Waals surface area (Å²) in [7, 11) is 0. The van der Waals surface area contributed by atoms with Crippen LogP contribution < -0.4 is 0 Å². The SMILES string of the molecule is Oc1c(Cc2ccc(-c3ccco3)cc2)ccc2ccccc12. The zero-order chi connectivity index (χ0) is 15.6. The van der Waals surface area contributed by atoms with Crippen molar-refractivity contribution < 1.29 is 9.52 Å². The van der Waals surface area contributed by atoms with Gasteiger partial charge in [0.15, 0.2) is 0 Å². The van der Waals surface area contributed by atoms with Crippen LogP contribution >= 0.6 is 0 Å². The Labute approximate surface area is 134 Å². The summed E-state index contributed by atoms with van der Waals surface area (Å²) < 4.78 is 5.41. The second kappa shape index (κ2) is 5.65. The number of phenolic OH excluding ortho intramolecular Hbond substituents is 1. The number of furan rings is 1. The molecule has 2 heteroatoms. The maximum atomic E-state index is 10.5. The number of aromatic hydroxyl groups is 1. The molecule has 0 spiro atoms. The van der Waals surface area contributed by atoms with Crippen molar-refractivity contribution in [3.8, 4) is 17.1 Å². The van der Waals surface area contributed by atoms with Gasteiger partial charge in [0.1, 0.15) is 11.5 Å². The molecule has 1 heterocycles. The standard InChI is InChI=1S/C21H16O2/c22-21-18(12-11-16-4-1-2-5-19(16)21)14-15-7-9-17(10-8-15)20-6-3-13-23-20/h1-13,22H,14H2. The van der Waals surface area contributed by atoms with Crippen LogP contribution in [0.2, 0.25) is 0 Å². The highest BCUT2D eigenvalue weighted by molar-refractivity contribution is 5.89. The van der Waals surface area contributed by atoms with Crippen LogP contribution in [0.4, 0.5) is 0 Å². The minimum absolute atomic E-state index is 0.373. The molecule has 0 amide bonds. The fourth-order valence-electron chi connectivity index (χ4n) is 2.89. The lowest BCUT2D eigenvalue weighted by Crippen LogP contribution is -1.90. The molecule has 0 aliphatic heterocycles. The van der Waals surface area contributed by atoms with E-state index in [0.717, 1.165) is 33.2 Å². The van der Waals surface area contributed by atoms with E-state index in [1.54, 1.807) is 6.26 Å². The highest BCUT2D eigenvalue weighted by Crippen LogP contribution is 2.30. The van der Waals surface area contributed by atoms with Gasteiger partial charge < -0.3 is 9.52 Å². The van der Waals surface area contributed by atoms with Crippen molar-refractivity contribution in [2.24, 2.45) is 0 Å². The van der Waals surface area contributed by atoms with Gasteiger partial charge in [0.25, 0.3) is 0 Å². The molecule has 0 radical (unpaired) electrons. The van der Waals surface area contributed by atoms with Crippen molar-refractivity contribution in [1.29, 1.82) is 0 Å². The van der Waals surface area contributed by atoms with E-state index in [4.69, 9.17) is 4.42 Å². The maximum Gasteiger partial charge on any atom is 0.133 e. The quantitative estimate of drug-likeness (QED) is 0.550. The fraction of sp³-hybridized carbons (Fsp3) is 0.0476. The molecule has 2 nitrogen and oxygen atoms in total. The van der Waals surface area contributed by atoms with Crippen LogP contribution in [-0.4, -0.2) is 5.11 Å². The monoisotopic (exact) mass is 300 g/mol. The van der Waals surface area contributed by atoms with Crippen LogP contribution in [0.1, 0.15) is 11.1 Å². The van der Waals surface area contributed by atoms with E-state index in [1.165, 1.54) is 0 Å². The van der Waals surface area contributed by atoms with Crippen LogP contribution in [0.15, 0.2) is 83.5 Å². The molecule has 0 saturated heterocycles. The van der Waals surface area contributed by atoms with Gasteiger partial charge in [-0.1, -0.05) is 60.7 Å². The Balaban J connectivity index is 1.64. The van der Waals surface area contributed by atoms with Gasteiger partial charge in [0.2, 0.25) is 0 Å². The zero-order valence-corrected chi connectivity index (χ0v) is 12.6. The van der Waals surface area contributed by atoms with Crippen LogP contribution in [-0.2, 0) is 6.42 Å². The molecule has 0 saturated carbocycles. The summed E-state index contributed by atoms with van der Waals surface area (Å²) in [5, 5.41) is 12.5. The molecular formula is C21H16O2. The van der Waals surface area contributed by atoms with Crippen LogP contribution in [0.5, 0.6) is 5.75 Å². The highest BCUT2D eigenvalue weighted by atomic mass is 16.3. The molecule has 112 valence electrons. The Morgan fingerprint density at radius 3 is 2.39 bits per heavy atom. The lowest BCUT2D eigenvalue weighted by atomic mass is 9.99. The van der Waals surface area contributed by atoms with Gasteiger partial charge in [0.05, 0.1) is 6.26 Å². The minimum atomic E-state index is 0.373. The zero-order valence-electron chi connectivity index (χ0n) is 12.6. The maximum absolute atomic E-state index is 10.5. The molecule has 0 aliphatic carbocycles. The normalized spacial score (nSPS) is 11.0. The van der Waals surface area contributed by atoms with Gasteiger partial charge >= 0.3 is 0 Å².